The van der Waals surface area contributed by atoms with Crippen LogP contribution in [0.2, 0.25) is 0 Å². The number of carboxylic acids is 1. The molecule has 0 fully saturated rings. The van der Waals surface area contributed by atoms with Crippen molar-refractivity contribution in [1.82, 2.24) is 5.32 Å². The highest BCUT2D eigenvalue weighted by Crippen LogP contribution is 2.19. The zero-order valence-corrected chi connectivity index (χ0v) is 13.4. The van der Waals surface area contributed by atoms with Crippen LogP contribution in [-0.2, 0) is 0 Å². The Morgan fingerprint density at radius 1 is 1.14 bits per heavy atom. The lowest BCUT2D eigenvalue weighted by Gasteiger charge is -2.08. The standard InChI is InChI=1S/C17H25NO4/c1-3-4-5-6-7-8-11-18-16(19)13-9-10-15(22-2)14(12-13)17(20)21/h9-10,12H,3-8,11H2,1-2H3,(H,18,19)(H,20,21). The molecule has 1 aromatic carbocycles. The summed E-state index contributed by atoms with van der Waals surface area (Å²) in [6, 6.07) is 4.42. The van der Waals surface area contributed by atoms with Crippen molar-refractivity contribution in [3.63, 3.8) is 0 Å². The average Bonchev–Trinajstić information content (AvgIpc) is 2.53. The zero-order valence-electron chi connectivity index (χ0n) is 13.4. The molecule has 1 amide bonds. The number of carbonyl (C=O) groups is 2. The summed E-state index contributed by atoms with van der Waals surface area (Å²) in [5, 5.41) is 11.9. The van der Waals surface area contributed by atoms with Crippen molar-refractivity contribution < 1.29 is 19.4 Å². The first-order valence-electron chi connectivity index (χ1n) is 7.79. The third-order valence-corrected chi connectivity index (χ3v) is 3.51. The van der Waals surface area contributed by atoms with Gasteiger partial charge in [0.2, 0.25) is 0 Å². The van der Waals surface area contributed by atoms with Gasteiger partial charge in [-0.05, 0) is 24.6 Å². The Morgan fingerprint density at radius 2 is 1.82 bits per heavy atom. The van der Waals surface area contributed by atoms with E-state index in [0.29, 0.717) is 12.1 Å². The van der Waals surface area contributed by atoms with Gasteiger partial charge >= 0.3 is 5.97 Å². The molecule has 1 rings (SSSR count). The quantitative estimate of drug-likeness (QED) is 0.649. The van der Waals surface area contributed by atoms with Crippen molar-refractivity contribution in [3.8, 4) is 5.75 Å². The first kappa shape index (κ1) is 18.0. The SMILES string of the molecule is CCCCCCCCNC(=O)c1ccc(OC)c(C(=O)O)c1. The fourth-order valence-corrected chi connectivity index (χ4v) is 2.23. The molecule has 0 aliphatic carbocycles. The molecule has 0 saturated carbocycles. The monoisotopic (exact) mass is 307 g/mol. The van der Waals surface area contributed by atoms with Crippen LogP contribution in [-0.4, -0.2) is 30.6 Å². The van der Waals surface area contributed by atoms with Gasteiger partial charge < -0.3 is 15.2 Å². The summed E-state index contributed by atoms with van der Waals surface area (Å²) < 4.78 is 4.97. The van der Waals surface area contributed by atoms with E-state index in [-0.39, 0.29) is 17.2 Å². The summed E-state index contributed by atoms with van der Waals surface area (Å²) in [6.07, 6.45) is 6.96. The Bertz CT molecular complexity index is 499. The van der Waals surface area contributed by atoms with Crippen LogP contribution in [0.15, 0.2) is 18.2 Å². The van der Waals surface area contributed by atoms with Gasteiger partial charge in [-0.1, -0.05) is 39.0 Å². The number of methoxy groups -OCH3 is 1. The second-order valence-corrected chi connectivity index (χ2v) is 5.24. The highest BCUT2D eigenvalue weighted by Gasteiger charge is 2.14. The molecule has 0 heterocycles. The lowest BCUT2D eigenvalue weighted by Crippen LogP contribution is -2.24. The normalized spacial score (nSPS) is 10.3. The van der Waals surface area contributed by atoms with Crippen molar-refractivity contribution in [3.05, 3.63) is 29.3 Å². The molecule has 22 heavy (non-hydrogen) atoms. The minimum atomic E-state index is -1.11. The van der Waals surface area contributed by atoms with Crippen LogP contribution in [0, 0.1) is 0 Å². The molecule has 122 valence electrons. The number of aromatic carboxylic acids is 1. The number of ether oxygens (including phenoxy) is 1. The van der Waals surface area contributed by atoms with Crippen molar-refractivity contribution in [2.24, 2.45) is 0 Å². The van der Waals surface area contributed by atoms with Gasteiger partial charge in [0.25, 0.3) is 5.91 Å². The van der Waals surface area contributed by atoms with Crippen molar-refractivity contribution in [2.75, 3.05) is 13.7 Å². The van der Waals surface area contributed by atoms with E-state index in [1.165, 1.54) is 44.9 Å². The van der Waals surface area contributed by atoms with Crippen molar-refractivity contribution in [1.29, 1.82) is 0 Å². The molecule has 0 saturated heterocycles. The molecule has 0 atom stereocenters. The third kappa shape index (κ3) is 5.76. The summed E-state index contributed by atoms with van der Waals surface area (Å²) in [4.78, 5) is 23.1. The summed E-state index contributed by atoms with van der Waals surface area (Å²) in [5.74, 6) is -1.11. The molecule has 0 radical (unpaired) electrons. The Labute approximate surface area is 131 Å². The largest absolute Gasteiger partial charge is 0.496 e. The molecule has 1 aromatic rings. The zero-order chi connectivity index (χ0) is 16.4. The Morgan fingerprint density at radius 3 is 2.45 bits per heavy atom. The summed E-state index contributed by atoms with van der Waals surface area (Å²) in [5.41, 5.74) is 0.332. The van der Waals surface area contributed by atoms with Gasteiger partial charge in [-0.3, -0.25) is 4.79 Å². The first-order chi connectivity index (χ1) is 10.6. The summed E-state index contributed by atoms with van der Waals surface area (Å²) >= 11 is 0. The minimum Gasteiger partial charge on any atom is -0.496 e. The summed E-state index contributed by atoms with van der Waals surface area (Å²) in [6.45, 7) is 2.79. The molecule has 0 bridgehead atoms. The van der Waals surface area contributed by atoms with Crippen LogP contribution in [0.5, 0.6) is 5.75 Å². The van der Waals surface area contributed by atoms with Crippen LogP contribution < -0.4 is 10.1 Å². The number of unbranched alkanes of at least 4 members (excludes halogenated alkanes) is 5. The molecule has 0 spiro atoms. The number of hydrogen-bond donors (Lipinski definition) is 2. The van der Waals surface area contributed by atoms with E-state index in [1.807, 2.05) is 0 Å². The van der Waals surface area contributed by atoms with E-state index in [1.54, 1.807) is 6.07 Å². The Kier molecular flexibility index (Phi) is 8.04. The maximum absolute atomic E-state index is 12.0. The van der Waals surface area contributed by atoms with E-state index >= 15 is 0 Å². The fraction of sp³-hybridized carbons (Fsp3) is 0.529. The van der Waals surface area contributed by atoms with Gasteiger partial charge in [0.15, 0.2) is 0 Å². The Balaban J connectivity index is 2.45. The second kappa shape index (κ2) is 9.82. The van der Waals surface area contributed by atoms with Gasteiger partial charge in [0, 0.05) is 12.1 Å². The van der Waals surface area contributed by atoms with Gasteiger partial charge in [-0.15, -0.1) is 0 Å². The second-order valence-electron chi connectivity index (χ2n) is 5.24. The molecular formula is C17H25NO4. The van der Waals surface area contributed by atoms with E-state index in [4.69, 9.17) is 9.84 Å². The fourth-order valence-electron chi connectivity index (χ4n) is 2.23. The third-order valence-electron chi connectivity index (χ3n) is 3.51. The maximum atomic E-state index is 12.0. The molecule has 0 aromatic heterocycles. The van der Waals surface area contributed by atoms with Gasteiger partial charge in [-0.2, -0.15) is 0 Å². The van der Waals surface area contributed by atoms with Crippen LogP contribution in [0.4, 0.5) is 0 Å². The van der Waals surface area contributed by atoms with E-state index in [2.05, 4.69) is 12.2 Å². The number of rotatable bonds is 10. The number of amides is 1. The molecular weight excluding hydrogens is 282 g/mol. The number of nitrogens with one attached hydrogen (secondary N) is 1. The Hall–Kier alpha value is -2.04. The van der Waals surface area contributed by atoms with Crippen LogP contribution in [0.1, 0.15) is 66.2 Å². The van der Waals surface area contributed by atoms with E-state index in [0.717, 1.165) is 12.8 Å². The van der Waals surface area contributed by atoms with Crippen LogP contribution in [0.25, 0.3) is 0 Å². The smallest absolute Gasteiger partial charge is 0.339 e. The van der Waals surface area contributed by atoms with Crippen molar-refractivity contribution in [2.45, 2.75) is 45.4 Å². The molecule has 5 heteroatoms. The number of carboxylic acid groups (broad SMARTS) is 1. The van der Waals surface area contributed by atoms with Gasteiger partial charge in [-0.25, -0.2) is 4.79 Å². The highest BCUT2D eigenvalue weighted by molar-refractivity contribution is 5.98. The van der Waals surface area contributed by atoms with Crippen LogP contribution in [0.3, 0.4) is 0 Å². The maximum Gasteiger partial charge on any atom is 0.339 e. The molecule has 2 N–H and O–H groups in total. The van der Waals surface area contributed by atoms with Gasteiger partial charge in [0.05, 0.1) is 7.11 Å². The number of carbonyl (C=O) groups excluding carboxylic acids is 1. The predicted octanol–water partition coefficient (Wildman–Crippen LogP) is 3.48. The van der Waals surface area contributed by atoms with E-state index in [9.17, 15) is 9.59 Å². The topological polar surface area (TPSA) is 75.6 Å². The number of hydrogen-bond acceptors (Lipinski definition) is 3. The number of benzene rings is 1. The summed E-state index contributed by atoms with van der Waals surface area (Å²) in [7, 11) is 1.40. The van der Waals surface area contributed by atoms with Crippen molar-refractivity contribution >= 4 is 11.9 Å². The lowest BCUT2D eigenvalue weighted by atomic mass is 10.1. The molecule has 0 aliphatic rings. The molecule has 5 nitrogen and oxygen atoms in total. The van der Waals surface area contributed by atoms with Crippen LogP contribution >= 0.6 is 0 Å². The lowest BCUT2D eigenvalue weighted by molar-refractivity contribution is 0.0693. The first-order valence-corrected chi connectivity index (χ1v) is 7.79. The minimum absolute atomic E-state index is 0.00489. The highest BCUT2D eigenvalue weighted by atomic mass is 16.5. The molecule has 0 aliphatic heterocycles. The van der Waals surface area contributed by atoms with E-state index < -0.39 is 5.97 Å². The molecule has 0 unspecified atom stereocenters. The predicted molar refractivity (Wildman–Crippen MR) is 85.7 cm³/mol. The average molecular weight is 307 g/mol. The van der Waals surface area contributed by atoms with Gasteiger partial charge in [0.1, 0.15) is 11.3 Å².